The van der Waals surface area contributed by atoms with Gasteiger partial charge in [0.25, 0.3) is 11.8 Å². The molecule has 0 unspecified atom stereocenters. The number of rotatable bonds is 4. The van der Waals surface area contributed by atoms with Gasteiger partial charge < -0.3 is 0 Å². The first-order valence-corrected chi connectivity index (χ1v) is 7.69. The highest BCUT2D eigenvalue weighted by Gasteiger charge is 2.20. The number of hydrogen-bond donors (Lipinski definition) is 4. The SMILES string of the molecule is NNC(=O)c1cccc(-c2ccnc(-c3ccccc3)c2C(=O)NN)n1. The maximum atomic E-state index is 12.5. The standard InChI is InChI=1S/C18H16N6O2/c19-23-17(25)14-8-4-7-13(22-14)12-9-10-21-16(15(12)18(26)24-20)11-5-2-1-3-6-11/h1-10H,19-20H2,(H,23,25)(H,24,26). The Morgan fingerprint density at radius 1 is 0.846 bits per heavy atom. The van der Waals surface area contributed by atoms with Crippen molar-refractivity contribution in [3.63, 3.8) is 0 Å². The minimum absolute atomic E-state index is 0.127. The summed E-state index contributed by atoms with van der Waals surface area (Å²) in [5.74, 6) is 9.49. The normalized spacial score (nSPS) is 10.2. The Bertz CT molecular complexity index is 959. The van der Waals surface area contributed by atoms with Crippen molar-refractivity contribution >= 4 is 11.8 Å². The van der Waals surface area contributed by atoms with Gasteiger partial charge in [0, 0.05) is 17.3 Å². The highest BCUT2D eigenvalue weighted by Crippen LogP contribution is 2.29. The smallest absolute Gasteiger partial charge is 0.283 e. The molecule has 2 amide bonds. The molecule has 2 aromatic heterocycles. The van der Waals surface area contributed by atoms with E-state index in [9.17, 15) is 9.59 Å². The number of nitrogen functional groups attached to an aromatic ring is 2. The van der Waals surface area contributed by atoms with Gasteiger partial charge in [-0.3, -0.25) is 25.4 Å². The second-order valence-electron chi connectivity index (χ2n) is 5.30. The van der Waals surface area contributed by atoms with Gasteiger partial charge in [-0.05, 0) is 18.2 Å². The Labute approximate surface area is 149 Å². The first-order valence-electron chi connectivity index (χ1n) is 7.69. The average molecular weight is 348 g/mol. The van der Waals surface area contributed by atoms with E-state index < -0.39 is 11.8 Å². The van der Waals surface area contributed by atoms with Crippen molar-refractivity contribution in [1.29, 1.82) is 0 Å². The Hall–Kier alpha value is -3.62. The van der Waals surface area contributed by atoms with Gasteiger partial charge in [0.05, 0.1) is 17.0 Å². The molecule has 0 saturated carbocycles. The molecular weight excluding hydrogens is 332 g/mol. The highest BCUT2D eigenvalue weighted by molar-refractivity contribution is 6.05. The molecule has 3 rings (SSSR count). The summed E-state index contributed by atoms with van der Waals surface area (Å²) >= 11 is 0. The van der Waals surface area contributed by atoms with Crippen molar-refractivity contribution in [3.05, 3.63) is 72.1 Å². The van der Waals surface area contributed by atoms with Crippen LogP contribution in [0.25, 0.3) is 22.5 Å². The number of aromatic nitrogens is 2. The number of hydrogen-bond acceptors (Lipinski definition) is 6. The van der Waals surface area contributed by atoms with Gasteiger partial charge >= 0.3 is 0 Å². The van der Waals surface area contributed by atoms with E-state index in [4.69, 9.17) is 11.7 Å². The van der Waals surface area contributed by atoms with E-state index >= 15 is 0 Å². The number of amides is 2. The molecule has 0 radical (unpaired) electrons. The summed E-state index contributed by atoms with van der Waals surface area (Å²) < 4.78 is 0. The Morgan fingerprint density at radius 3 is 2.27 bits per heavy atom. The van der Waals surface area contributed by atoms with Crippen molar-refractivity contribution < 1.29 is 9.59 Å². The zero-order valence-electron chi connectivity index (χ0n) is 13.6. The fourth-order valence-electron chi connectivity index (χ4n) is 2.58. The summed E-state index contributed by atoms with van der Waals surface area (Å²) in [7, 11) is 0. The number of benzene rings is 1. The Morgan fingerprint density at radius 2 is 1.58 bits per heavy atom. The molecule has 0 aliphatic heterocycles. The minimum Gasteiger partial charge on any atom is -0.290 e. The lowest BCUT2D eigenvalue weighted by atomic mass is 9.98. The molecule has 3 aromatic rings. The summed E-state index contributed by atoms with van der Waals surface area (Å²) in [6.45, 7) is 0. The van der Waals surface area contributed by atoms with Crippen LogP contribution in [0, 0.1) is 0 Å². The molecule has 26 heavy (non-hydrogen) atoms. The number of nitrogens with zero attached hydrogens (tertiary/aromatic N) is 2. The maximum absolute atomic E-state index is 12.5. The van der Waals surface area contributed by atoms with E-state index in [0.29, 0.717) is 17.0 Å². The third-order valence-corrected chi connectivity index (χ3v) is 3.75. The van der Waals surface area contributed by atoms with Gasteiger partial charge in [-0.2, -0.15) is 0 Å². The van der Waals surface area contributed by atoms with Crippen LogP contribution in [0.4, 0.5) is 0 Å². The topological polar surface area (TPSA) is 136 Å². The van der Waals surface area contributed by atoms with Crippen LogP contribution in [-0.4, -0.2) is 21.8 Å². The second-order valence-corrected chi connectivity index (χ2v) is 5.30. The van der Waals surface area contributed by atoms with Crippen LogP contribution in [-0.2, 0) is 0 Å². The number of nitrogens with one attached hydrogen (secondary N) is 2. The minimum atomic E-state index is -0.533. The van der Waals surface area contributed by atoms with Gasteiger partial charge in [0.15, 0.2) is 0 Å². The van der Waals surface area contributed by atoms with Gasteiger partial charge in [0.1, 0.15) is 5.69 Å². The van der Waals surface area contributed by atoms with Crippen LogP contribution >= 0.6 is 0 Å². The lowest BCUT2D eigenvalue weighted by Crippen LogP contribution is -2.31. The fourth-order valence-corrected chi connectivity index (χ4v) is 2.58. The summed E-state index contributed by atoms with van der Waals surface area (Å²) in [6, 6.07) is 15.7. The van der Waals surface area contributed by atoms with Crippen LogP contribution in [0.1, 0.15) is 20.8 Å². The molecule has 0 fully saturated rings. The molecule has 8 heteroatoms. The fraction of sp³-hybridized carbons (Fsp3) is 0. The summed E-state index contributed by atoms with van der Waals surface area (Å²) in [5.41, 5.74) is 6.69. The van der Waals surface area contributed by atoms with Crippen LogP contribution < -0.4 is 22.5 Å². The molecule has 0 aliphatic rings. The predicted octanol–water partition coefficient (Wildman–Crippen LogP) is 1.02. The zero-order chi connectivity index (χ0) is 18.5. The van der Waals surface area contributed by atoms with Crippen molar-refractivity contribution in [2.75, 3.05) is 0 Å². The van der Waals surface area contributed by atoms with E-state index in [1.807, 2.05) is 35.8 Å². The molecule has 6 N–H and O–H groups in total. The second kappa shape index (κ2) is 7.51. The molecule has 8 nitrogen and oxygen atoms in total. The number of carbonyl (C=O) groups excluding carboxylic acids is 2. The largest absolute Gasteiger partial charge is 0.290 e. The van der Waals surface area contributed by atoms with E-state index in [0.717, 1.165) is 5.56 Å². The molecule has 2 heterocycles. The van der Waals surface area contributed by atoms with Crippen LogP contribution in [0.3, 0.4) is 0 Å². The Balaban J connectivity index is 2.22. The maximum Gasteiger partial charge on any atom is 0.283 e. The van der Waals surface area contributed by atoms with E-state index in [-0.39, 0.29) is 11.3 Å². The van der Waals surface area contributed by atoms with Crippen molar-refractivity contribution in [2.45, 2.75) is 0 Å². The molecule has 0 atom stereocenters. The molecule has 0 aliphatic carbocycles. The lowest BCUT2D eigenvalue weighted by Gasteiger charge is -2.13. The molecular formula is C18H16N6O2. The van der Waals surface area contributed by atoms with E-state index in [1.165, 1.54) is 6.07 Å². The molecule has 0 spiro atoms. The van der Waals surface area contributed by atoms with E-state index in [2.05, 4.69) is 15.4 Å². The zero-order valence-corrected chi connectivity index (χ0v) is 13.6. The molecule has 130 valence electrons. The molecule has 0 saturated heterocycles. The number of hydrazine groups is 2. The van der Waals surface area contributed by atoms with Crippen molar-refractivity contribution in [3.8, 4) is 22.5 Å². The third-order valence-electron chi connectivity index (χ3n) is 3.75. The highest BCUT2D eigenvalue weighted by atomic mass is 16.2. The van der Waals surface area contributed by atoms with Gasteiger partial charge in [-0.15, -0.1) is 0 Å². The molecule has 1 aromatic carbocycles. The summed E-state index contributed by atoms with van der Waals surface area (Å²) in [5, 5.41) is 0. The van der Waals surface area contributed by atoms with Crippen LogP contribution in [0.15, 0.2) is 60.8 Å². The molecule has 0 bridgehead atoms. The monoisotopic (exact) mass is 348 g/mol. The van der Waals surface area contributed by atoms with Crippen LogP contribution in [0.5, 0.6) is 0 Å². The average Bonchev–Trinajstić information content (AvgIpc) is 2.72. The van der Waals surface area contributed by atoms with E-state index in [1.54, 1.807) is 24.4 Å². The Kier molecular flexibility index (Phi) is 4.97. The van der Waals surface area contributed by atoms with Crippen molar-refractivity contribution in [1.82, 2.24) is 20.8 Å². The van der Waals surface area contributed by atoms with Crippen LogP contribution in [0.2, 0.25) is 0 Å². The van der Waals surface area contributed by atoms with Gasteiger partial charge in [0.2, 0.25) is 0 Å². The van der Waals surface area contributed by atoms with Gasteiger partial charge in [-0.25, -0.2) is 16.7 Å². The number of nitrogens with two attached hydrogens (primary N) is 2. The first kappa shape index (κ1) is 17.2. The number of carbonyl (C=O) groups is 2. The summed E-state index contributed by atoms with van der Waals surface area (Å²) in [6.07, 6.45) is 1.57. The van der Waals surface area contributed by atoms with Crippen molar-refractivity contribution in [2.24, 2.45) is 11.7 Å². The first-order chi connectivity index (χ1) is 12.7. The lowest BCUT2D eigenvalue weighted by molar-refractivity contribution is 0.0944. The van der Waals surface area contributed by atoms with Gasteiger partial charge in [-0.1, -0.05) is 36.4 Å². The number of pyridine rings is 2. The predicted molar refractivity (Wildman–Crippen MR) is 96.2 cm³/mol. The third kappa shape index (κ3) is 3.27. The summed E-state index contributed by atoms with van der Waals surface area (Å²) in [4.78, 5) is 32.8. The quantitative estimate of drug-likeness (QED) is 0.316.